The topological polar surface area (TPSA) is 70.4 Å². The van der Waals surface area contributed by atoms with E-state index in [-0.39, 0.29) is 12.1 Å². The molecular formula is C25H22N4O3S. The molecule has 0 spiro atoms. The van der Waals surface area contributed by atoms with Gasteiger partial charge in [-0.05, 0) is 42.6 Å². The fraction of sp³-hybridized carbons (Fsp3) is 0.200. The molecule has 0 bridgehead atoms. The Kier molecular flexibility index (Phi) is 4.80. The molecule has 0 saturated carbocycles. The van der Waals surface area contributed by atoms with Crippen molar-refractivity contribution in [1.82, 2.24) is 14.8 Å². The van der Waals surface area contributed by atoms with Gasteiger partial charge in [0.25, 0.3) is 0 Å². The number of fused-ring (bicyclic) bond motifs is 3. The molecule has 0 unspecified atom stereocenters. The van der Waals surface area contributed by atoms with Crippen LogP contribution in [0, 0.1) is 0 Å². The molecule has 2 aromatic heterocycles. The predicted octanol–water partition coefficient (Wildman–Crippen LogP) is 5.31. The minimum atomic E-state index is -0.351. The minimum Gasteiger partial charge on any atom is -0.493 e. The zero-order chi connectivity index (χ0) is 22.4. The molecule has 0 amide bonds. The number of rotatable bonds is 5. The number of benzene rings is 2. The molecule has 0 saturated heterocycles. The van der Waals surface area contributed by atoms with Gasteiger partial charge in [-0.2, -0.15) is 10.1 Å². The van der Waals surface area contributed by atoms with Crippen LogP contribution in [0.4, 0.5) is 5.95 Å². The average Bonchev–Trinajstić information content (AvgIpc) is 3.55. The predicted molar refractivity (Wildman–Crippen MR) is 127 cm³/mol. The van der Waals surface area contributed by atoms with Crippen molar-refractivity contribution >= 4 is 23.0 Å². The molecule has 6 rings (SSSR count). The number of nitrogens with one attached hydrogen (secondary N) is 1. The van der Waals surface area contributed by atoms with Gasteiger partial charge in [0, 0.05) is 21.6 Å². The number of thiophene rings is 1. The Hall–Kier alpha value is -3.78. The van der Waals surface area contributed by atoms with Crippen molar-refractivity contribution in [3.05, 3.63) is 87.9 Å². The van der Waals surface area contributed by atoms with Crippen LogP contribution in [0.1, 0.15) is 35.1 Å². The Morgan fingerprint density at radius 1 is 1.12 bits per heavy atom. The number of anilines is 1. The number of nitrogens with zero attached hydrogens (tertiary/aromatic N) is 3. The Morgan fingerprint density at radius 3 is 2.85 bits per heavy atom. The standard InChI is InChI=1S/C25H22N4O3S/c1-3-31-18-11-10-15(13-19(18)30-2)24-21-22(16-7-4-5-8-17(16)32-24)28-25-26-14-27-29(25)23(21)20-9-6-12-33-20/h4-14,23-24H,3H2,1-2H3,(H,26,27,28)/t23-,24+/m0/s1. The lowest BCUT2D eigenvalue weighted by molar-refractivity contribution is 0.222. The SMILES string of the molecule is CCOc1ccc([C@H]2Oc3ccccc3C3=C2[C@H](c2cccs2)n2ncnc2N3)cc1OC. The second-order valence-electron chi connectivity index (χ2n) is 7.74. The van der Waals surface area contributed by atoms with E-state index in [2.05, 4.69) is 39.0 Å². The number of methoxy groups -OCH3 is 1. The Balaban J connectivity index is 1.57. The summed E-state index contributed by atoms with van der Waals surface area (Å²) < 4.78 is 20.0. The van der Waals surface area contributed by atoms with Crippen molar-refractivity contribution in [1.29, 1.82) is 0 Å². The van der Waals surface area contributed by atoms with Crippen molar-refractivity contribution in [2.45, 2.75) is 19.1 Å². The van der Waals surface area contributed by atoms with Gasteiger partial charge in [0.15, 0.2) is 11.5 Å². The second kappa shape index (κ2) is 7.97. The summed E-state index contributed by atoms with van der Waals surface area (Å²) in [5.74, 6) is 2.92. The van der Waals surface area contributed by atoms with Gasteiger partial charge in [0.1, 0.15) is 24.2 Å². The third-order valence-electron chi connectivity index (χ3n) is 5.92. The fourth-order valence-electron chi connectivity index (χ4n) is 4.53. The quantitative estimate of drug-likeness (QED) is 0.437. The first-order valence-corrected chi connectivity index (χ1v) is 11.7. The van der Waals surface area contributed by atoms with Gasteiger partial charge in [-0.1, -0.05) is 24.3 Å². The van der Waals surface area contributed by atoms with Gasteiger partial charge in [-0.3, -0.25) is 0 Å². The highest BCUT2D eigenvalue weighted by molar-refractivity contribution is 7.10. The van der Waals surface area contributed by atoms with E-state index >= 15 is 0 Å². The molecule has 166 valence electrons. The Labute approximate surface area is 195 Å². The molecule has 4 aromatic rings. The zero-order valence-electron chi connectivity index (χ0n) is 18.2. The highest BCUT2D eigenvalue weighted by Gasteiger charge is 2.41. The first kappa shape index (κ1) is 19.9. The van der Waals surface area contributed by atoms with Gasteiger partial charge in [0.05, 0.1) is 19.4 Å². The first-order chi connectivity index (χ1) is 16.3. The van der Waals surface area contributed by atoms with E-state index in [4.69, 9.17) is 14.2 Å². The number of ether oxygens (including phenoxy) is 3. The van der Waals surface area contributed by atoms with E-state index in [1.165, 1.54) is 4.88 Å². The van der Waals surface area contributed by atoms with E-state index in [9.17, 15) is 0 Å². The van der Waals surface area contributed by atoms with Crippen LogP contribution in [-0.4, -0.2) is 28.5 Å². The molecule has 2 atom stereocenters. The fourth-order valence-corrected chi connectivity index (χ4v) is 5.36. The summed E-state index contributed by atoms with van der Waals surface area (Å²) in [5.41, 5.74) is 4.08. The largest absolute Gasteiger partial charge is 0.493 e. The maximum atomic E-state index is 6.66. The third-order valence-corrected chi connectivity index (χ3v) is 6.85. The van der Waals surface area contributed by atoms with Crippen molar-refractivity contribution in [3.8, 4) is 17.2 Å². The van der Waals surface area contributed by atoms with Crippen LogP contribution in [0.2, 0.25) is 0 Å². The maximum absolute atomic E-state index is 6.66. The summed E-state index contributed by atoms with van der Waals surface area (Å²) in [5, 5.41) is 10.2. The highest BCUT2D eigenvalue weighted by atomic mass is 32.1. The van der Waals surface area contributed by atoms with E-state index < -0.39 is 0 Å². The van der Waals surface area contributed by atoms with Crippen LogP contribution in [0.5, 0.6) is 17.2 Å². The van der Waals surface area contributed by atoms with Gasteiger partial charge in [0.2, 0.25) is 5.95 Å². The number of hydrogen-bond acceptors (Lipinski definition) is 7. The molecular weight excluding hydrogens is 436 g/mol. The minimum absolute atomic E-state index is 0.144. The van der Waals surface area contributed by atoms with E-state index in [1.54, 1.807) is 24.8 Å². The van der Waals surface area contributed by atoms with Crippen LogP contribution in [0.15, 0.2) is 71.9 Å². The van der Waals surface area contributed by atoms with Crippen molar-refractivity contribution < 1.29 is 14.2 Å². The van der Waals surface area contributed by atoms with Crippen LogP contribution in [0.3, 0.4) is 0 Å². The lowest BCUT2D eigenvalue weighted by atomic mass is 9.87. The Bertz CT molecular complexity index is 1350. The number of aromatic nitrogens is 3. The Morgan fingerprint density at radius 2 is 2.03 bits per heavy atom. The summed E-state index contributed by atoms with van der Waals surface area (Å²) in [7, 11) is 1.65. The molecule has 2 aromatic carbocycles. The first-order valence-electron chi connectivity index (χ1n) is 10.8. The number of para-hydroxylation sites is 1. The van der Waals surface area contributed by atoms with Crippen LogP contribution >= 0.6 is 11.3 Å². The molecule has 2 aliphatic rings. The molecule has 0 fully saturated rings. The van der Waals surface area contributed by atoms with Gasteiger partial charge in [-0.25, -0.2) is 4.68 Å². The highest BCUT2D eigenvalue weighted by Crippen LogP contribution is 2.51. The summed E-state index contributed by atoms with van der Waals surface area (Å²) in [6.45, 7) is 2.53. The molecule has 2 aliphatic heterocycles. The molecule has 4 heterocycles. The van der Waals surface area contributed by atoms with Gasteiger partial charge in [-0.15, -0.1) is 11.3 Å². The van der Waals surface area contributed by atoms with E-state index in [0.29, 0.717) is 24.1 Å². The van der Waals surface area contributed by atoms with Crippen LogP contribution < -0.4 is 19.5 Å². The molecule has 0 aliphatic carbocycles. The second-order valence-corrected chi connectivity index (χ2v) is 8.72. The number of hydrogen-bond donors (Lipinski definition) is 1. The third kappa shape index (κ3) is 3.17. The summed E-state index contributed by atoms with van der Waals surface area (Å²) in [6, 6.07) is 18.1. The zero-order valence-corrected chi connectivity index (χ0v) is 19.0. The molecule has 33 heavy (non-hydrogen) atoms. The van der Waals surface area contributed by atoms with E-state index in [0.717, 1.165) is 28.1 Å². The van der Waals surface area contributed by atoms with Crippen molar-refractivity contribution in [2.75, 3.05) is 19.0 Å². The molecule has 8 heteroatoms. The summed E-state index contributed by atoms with van der Waals surface area (Å²) >= 11 is 1.70. The lowest BCUT2D eigenvalue weighted by Gasteiger charge is -2.38. The summed E-state index contributed by atoms with van der Waals surface area (Å²) in [4.78, 5) is 5.64. The van der Waals surface area contributed by atoms with Crippen LogP contribution in [0.25, 0.3) is 5.70 Å². The van der Waals surface area contributed by atoms with Gasteiger partial charge >= 0.3 is 0 Å². The van der Waals surface area contributed by atoms with Gasteiger partial charge < -0.3 is 19.5 Å². The molecule has 7 nitrogen and oxygen atoms in total. The van der Waals surface area contributed by atoms with E-state index in [1.807, 2.05) is 48.0 Å². The van der Waals surface area contributed by atoms with Crippen molar-refractivity contribution in [3.63, 3.8) is 0 Å². The summed E-state index contributed by atoms with van der Waals surface area (Å²) in [6.07, 6.45) is 1.24. The van der Waals surface area contributed by atoms with Crippen LogP contribution in [-0.2, 0) is 0 Å². The van der Waals surface area contributed by atoms with Crippen molar-refractivity contribution in [2.24, 2.45) is 0 Å². The smallest absolute Gasteiger partial charge is 0.226 e. The normalized spacial score (nSPS) is 18.5. The molecule has 0 radical (unpaired) electrons. The average molecular weight is 459 g/mol. The molecule has 1 N–H and O–H groups in total. The maximum Gasteiger partial charge on any atom is 0.226 e. The monoisotopic (exact) mass is 458 g/mol. The lowest BCUT2D eigenvalue weighted by Crippen LogP contribution is -2.32.